The van der Waals surface area contributed by atoms with Gasteiger partial charge >= 0.3 is 11.8 Å². The van der Waals surface area contributed by atoms with Gasteiger partial charge in [0.25, 0.3) is 0 Å². The summed E-state index contributed by atoms with van der Waals surface area (Å²) in [7, 11) is 1.86. The summed E-state index contributed by atoms with van der Waals surface area (Å²) in [5.41, 5.74) is 0. The summed E-state index contributed by atoms with van der Waals surface area (Å²) in [6.07, 6.45) is 14.0. The maximum atomic E-state index is 11.4. The Labute approximate surface area is 147 Å². The number of aliphatic hydroxyl groups is 1. The average molecular weight is 342 g/mol. The molecule has 0 aromatic rings. The van der Waals surface area contributed by atoms with Gasteiger partial charge in [-0.2, -0.15) is 0 Å². The third kappa shape index (κ3) is 7.31. The van der Waals surface area contributed by atoms with Crippen molar-refractivity contribution in [1.29, 1.82) is 0 Å². The molecule has 0 radical (unpaired) electrons. The van der Waals surface area contributed by atoms with E-state index in [4.69, 9.17) is 0 Å². The average Bonchev–Trinajstić information content (AvgIpc) is 2.86. The van der Waals surface area contributed by atoms with Crippen LogP contribution < -0.4 is 0 Å². The molecule has 5 heteroatoms. The molecule has 0 aliphatic carbocycles. The topological polar surface area (TPSA) is 69.9 Å². The highest BCUT2D eigenvalue weighted by atomic mass is 16.4. The number of likely N-dealkylation sites (N-methyl/N-ethyl adjacent to an activating group) is 1. The van der Waals surface area contributed by atoms with E-state index in [9.17, 15) is 15.0 Å². The van der Waals surface area contributed by atoms with E-state index in [-0.39, 0.29) is 23.0 Å². The molecule has 0 spiro atoms. The predicted octanol–water partition coefficient (Wildman–Crippen LogP) is 3.60. The lowest BCUT2D eigenvalue weighted by molar-refractivity contribution is -0.814. The molecule has 24 heavy (non-hydrogen) atoms. The van der Waals surface area contributed by atoms with Crippen LogP contribution in [0, 0.1) is 0 Å². The van der Waals surface area contributed by atoms with Crippen LogP contribution in [0.15, 0.2) is 4.99 Å². The first-order valence-corrected chi connectivity index (χ1v) is 9.80. The van der Waals surface area contributed by atoms with E-state index in [2.05, 4.69) is 11.9 Å². The van der Waals surface area contributed by atoms with Gasteiger partial charge < -0.3 is 10.2 Å². The zero-order valence-corrected chi connectivity index (χ0v) is 15.7. The molecule has 0 saturated heterocycles. The molecule has 1 aliphatic rings. The van der Waals surface area contributed by atoms with Crippen molar-refractivity contribution in [3.05, 3.63) is 0 Å². The second kappa shape index (κ2) is 11.6. The molecule has 2 unspecified atom stereocenters. The number of unbranched alkanes of at least 4 members (excludes halogenated alkanes) is 9. The molecule has 1 rings (SSSR count). The number of aliphatic imine (C=N–C) groups is 1. The smallest absolute Gasteiger partial charge is 0.411 e. The minimum absolute atomic E-state index is 0.00617. The van der Waals surface area contributed by atoms with Gasteiger partial charge in [-0.3, -0.25) is 4.48 Å². The Morgan fingerprint density at radius 1 is 1.08 bits per heavy atom. The Bertz CT molecular complexity index is 398. The number of quaternary nitrogens is 1. The van der Waals surface area contributed by atoms with Gasteiger partial charge in [0.15, 0.2) is 0 Å². The standard InChI is InChI=1S/C19H36N2O3/c1-3-4-5-6-7-8-9-10-11-12-13-17-16-21(2,14-15-22)18(20-17)19(23)24/h17,22H,3-16H2,1-2H3/p+1. The quantitative estimate of drug-likeness (QED) is 0.375. The van der Waals surface area contributed by atoms with Crippen LogP contribution in [0.1, 0.15) is 77.6 Å². The summed E-state index contributed by atoms with van der Waals surface area (Å²) in [5, 5.41) is 18.5. The van der Waals surface area contributed by atoms with E-state index in [1.165, 1.54) is 57.8 Å². The summed E-state index contributed by atoms with van der Waals surface area (Å²) in [6.45, 7) is 3.38. The van der Waals surface area contributed by atoms with E-state index < -0.39 is 5.97 Å². The predicted molar refractivity (Wildman–Crippen MR) is 98.3 cm³/mol. The van der Waals surface area contributed by atoms with Gasteiger partial charge in [0.2, 0.25) is 0 Å². The zero-order chi connectivity index (χ0) is 17.8. The fourth-order valence-electron chi connectivity index (χ4n) is 3.63. The lowest BCUT2D eigenvalue weighted by Gasteiger charge is -2.27. The number of rotatable bonds is 14. The molecule has 140 valence electrons. The first kappa shape index (κ1) is 21.1. The van der Waals surface area contributed by atoms with Crippen molar-refractivity contribution in [2.24, 2.45) is 4.99 Å². The number of amidine groups is 1. The minimum atomic E-state index is -0.948. The maximum absolute atomic E-state index is 11.4. The van der Waals surface area contributed by atoms with Gasteiger partial charge in [-0.1, -0.05) is 71.1 Å². The SMILES string of the molecule is CCCCCCCCCCCCC1C[N+](C)(CCO)C(C(=O)O)=N1. The van der Waals surface area contributed by atoms with E-state index in [1.807, 2.05) is 7.05 Å². The van der Waals surface area contributed by atoms with Crippen LogP contribution in [0.5, 0.6) is 0 Å². The first-order chi connectivity index (χ1) is 11.5. The fourth-order valence-corrected chi connectivity index (χ4v) is 3.63. The lowest BCUT2D eigenvalue weighted by atomic mass is 10.0. The summed E-state index contributed by atoms with van der Waals surface area (Å²) in [4.78, 5) is 15.8. The summed E-state index contributed by atoms with van der Waals surface area (Å²) in [5.74, 6) is -0.738. The van der Waals surface area contributed by atoms with E-state index in [0.29, 0.717) is 13.1 Å². The minimum Gasteiger partial charge on any atom is -0.472 e. The normalized spacial score (nSPS) is 23.5. The second-order valence-electron chi connectivity index (χ2n) is 7.41. The number of carboxylic acids is 1. The summed E-state index contributed by atoms with van der Waals surface area (Å²) in [6, 6.07) is 0.0988. The molecule has 0 aromatic carbocycles. The molecule has 0 bridgehead atoms. The van der Waals surface area contributed by atoms with Gasteiger partial charge in [0.05, 0.1) is 13.7 Å². The van der Waals surface area contributed by atoms with Gasteiger partial charge in [-0.05, 0) is 6.42 Å². The Morgan fingerprint density at radius 3 is 2.12 bits per heavy atom. The third-order valence-corrected chi connectivity index (χ3v) is 5.11. The molecule has 1 heterocycles. The first-order valence-electron chi connectivity index (χ1n) is 9.80. The fraction of sp³-hybridized carbons (Fsp3) is 0.895. The summed E-state index contributed by atoms with van der Waals surface area (Å²) >= 11 is 0. The largest absolute Gasteiger partial charge is 0.472 e. The summed E-state index contributed by atoms with van der Waals surface area (Å²) < 4.78 is 0.258. The van der Waals surface area contributed by atoms with Crippen LogP contribution in [-0.4, -0.2) is 59.3 Å². The number of carbonyl (C=O) groups is 1. The van der Waals surface area contributed by atoms with E-state index >= 15 is 0 Å². The number of nitrogens with zero attached hydrogens (tertiary/aromatic N) is 2. The number of hydrogen-bond donors (Lipinski definition) is 2. The van der Waals surface area contributed by atoms with Crippen molar-refractivity contribution < 1.29 is 19.5 Å². The highest BCUT2D eigenvalue weighted by Gasteiger charge is 2.42. The van der Waals surface area contributed by atoms with Crippen LogP contribution in [0.3, 0.4) is 0 Å². The Hall–Kier alpha value is -0.940. The Morgan fingerprint density at radius 2 is 1.62 bits per heavy atom. The lowest BCUT2D eigenvalue weighted by Crippen LogP contribution is -2.52. The highest BCUT2D eigenvalue weighted by Crippen LogP contribution is 2.22. The Balaban J connectivity index is 2.14. The molecule has 0 saturated carbocycles. The van der Waals surface area contributed by atoms with Crippen LogP contribution in [-0.2, 0) is 4.79 Å². The molecule has 5 nitrogen and oxygen atoms in total. The number of carboxylic acid groups (broad SMARTS) is 1. The van der Waals surface area contributed by atoms with Crippen molar-refractivity contribution in [2.45, 2.75) is 83.6 Å². The van der Waals surface area contributed by atoms with E-state index in [0.717, 1.165) is 12.8 Å². The molecule has 2 N–H and O–H groups in total. The van der Waals surface area contributed by atoms with Gasteiger partial charge in [0, 0.05) is 0 Å². The van der Waals surface area contributed by atoms with Crippen molar-refractivity contribution in [2.75, 3.05) is 26.7 Å². The van der Waals surface area contributed by atoms with Crippen molar-refractivity contribution in [3.63, 3.8) is 0 Å². The number of aliphatic carboxylic acids is 1. The van der Waals surface area contributed by atoms with Crippen LogP contribution >= 0.6 is 0 Å². The Kier molecular flexibility index (Phi) is 10.2. The van der Waals surface area contributed by atoms with Crippen LogP contribution in [0.2, 0.25) is 0 Å². The third-order valence-electron chi connectivity index (χ3n) is 5.11. The van der Waals surface area contributed by atoms with Crippen LogP contribution in [0.25, 0.3) is 0 Å². The molecule has 2 atom stereocenters. The van der Waals surface area contributed by atoms with Crippen molar-refractivity contribution >= 4 is 11.8 Å². The van der Waals surface area contributed by atoms with Gasteiger partial charge in [-0.15, -0.1) is 0 Å². The molecule has 1 aliphatic heterocycles. The number of aliphatic hydroxyl groups excluding tert-OH is 1. The van der Waals surface area contributed by atoms with Crippen molar-refractivity contribution in [1.82, 2.24) is 0 Å². The van der Waals surface area contributed by atoms with Crippen molar-refractivity contribution in [3.8, 4) is 0 Å². The number of hydrogen-bond acceptors (Lipinski definition) is 3. The van der Waals surface area contributed by atoms with Gasteiger partial charge in [0.1, 0.15) is 19.1 Å². The highest BCUT2D eigenvalue weighted by molar-refractivity contribution is 6.31. The van der Waals surface area contributed by atoms with Gasteiger partial charge in [-0.25, -0.2) is 9.79 Å². The molecule has 0 amide bonds. The van der Waals surface area contributed by atoms with E-state index in [1.54, 1.807) is 0 Å². The second-order valence-corrected chi connectivity index (χ2v) is 7.41. The monoisotopic (exact) mass is 341 g/mol. The molecule has 0 fully saturated rings. The molecular formula is C19H37N2O3+. The molecule has 0 aromatic heterocycles. The zero-order valence-electron chi connectivity index (χ0n) is 15.7. The molecular weight excluding hydrogens is 304 g/mol. The maximum Gasteiger partial charge on any atom is 0.411 e. The van der Waals surface area contributed by atoms with Crippen LogP contribution in [0.4, 0.5) is 0 Å².